The lowest BCUT2D eigenvalue weighted by Gasteiger charge is -2.22. The first-order valence-electron chi connectivity index (χ1n) is 9.39. The van der Waals surface area contributed by atoms with Crippen LogP contribution in [0.4, 0.5) is 17.2 Å². The molecule has 2 aromatic carbocycles. The van der Waals surface area contributed by atoms with Crippen LogP contribution in [-0.4, -0.2) is 31.7 Å². The molecule has 1 amide bonds. The molecule has 6 nitrogen and oxygen atoms in total. The number of benzene rings is 2. The summed E-state index contributed by atoms with van der Waals surface area (Å²) in [7, 11) is 3.19. The molecule has 1 N–H and O–H groups in total. The largest absolute Gasteiger partial charge is 0.497 e. The number of carbonyl (C=O) groups excluding carboxylic acids is 1. The monoisotopic (exact) mass is 391 g/mol. The summed E-state index contributed by atoms with van der Waals surface area (Å²) >= 11 is 0. The van der Waals surface area contributed by atoms with Crippen molar-refractivity contribution in [2.45, 2.75) is 13.8 Å². The van der Waals surface area contributed by atoms with E-state index in [-0.39, 0.29) is 5.91 Å². The predicted octanol–water partition coefficient (Wildman–Crippen LogP) is 4.82. The normalized spacial score (nSPS) is 10.3. The Hall–Kier alpha value is -3.54. The second kappa shape index (κ2) is 9.10. The van der Waals surface area contributed by atoms with Gasteiger partial charge in [-0.15, -0.1) is 0 Å². The number of pyridine rings is 1. The standard InChI is InChI=1S/C23H25N3O3/c1-5-26(18-8-6-7-16(2)13-18)23(27)17-11-12-24-22(14-17)25-20-10-9-19(28-3)15-21(20)29-4/h6-15H,5H2,1-4H3,(H,24,25). The van der Waals surface area contributed by atoms with Crippen LogP contribution in [0.3, 0.4) is 0 Å². The number of aryl methyl sites for hydroxylation is 1. The maximum Gasteiger partial charge on any atom is 0.258 e. The molecule has 0 unspecified atom stereocenters. The van der Waals surface area contributed by atoms with E-state index in [1.165, 1.54) is 0 Å². The van der Waals surface area contributed by atoms with Crippen molar-refractivity contribution in [1.29, 1.82) is 0 Å². The zero-order valence-electron chi connectivity index (χ0n) is 17.1. The van der Waals surface area contributed by atoms with E-state index in [1.807, 2.05) is 50.2 Å². The van der Waals surface area contributed by atoms with Crippen molar-refractivity contribution in [2.75, 3.05) is 31.0 Å². The lowest BCUT2D eigenvalue weighted by molar-refractivity contribution is 0.0988. The summed E-state index contributed by atoms with van der Waals surface area (Å²) in [5.41, 5.74) is 3.27. The van der Waals surface area contributed by atoms with Gasteiger partial charge in [-0.1, -0.05) is 12.1 Å². The number of rotatable bonds is 7. The molecular formula is C23H25N3O3. The third-order valence-corrected chi connectivity index (χ3v) is 4.55. The molecule has 0 atom stereocenters. The molecule has 1 aromatic heterocycles. The first-order valence-corrected chi connectivity index (χ1v) is 9.39. The zero-order valence-corrected chi connectivity index (χ0v) is 17.1. The molecule has 0 radical (unpaired) electrons. The number of hydrogen-bond donors (Lipinski definition) is 1. The number of amides is 1. The number of hydrogen-bond acceptors (Lipinski definition) is 5. The molecule has 150 valence electrons. The molecule has 3 rings (SSSR count). The van der Waals surface area contributed by atoms with Gasteiger partial charge in [0, 0.05) is 30.1 Å². The summed E-state index contributed by atoms with van der Waals surface area (Å²) in [6.45, 7) is 4.54. The number of ether oxygens (including phenoxy) is 2. The van der Waals surface area contributed by atoms with Crippen molar-refractivity contribution in [2.24, 2.45) is 0 Å². The van der Waals surface area contributed by atoms with Gasteiger partial charge in [-0.05, 0) is 55.8 Å². The molecule has 1 heterocycles. The van der Waals surface area contributed by atoms with Crippen molar-refractivity contribution in [3.05, 3.63) is 71.9 Å². The predicted molar refractivity (Wildman–Crippen MR) is 116 cm³/mol. The fourth-order valence-electron chi connectivity index (χ4n) is 3.07. The molecular weight excluding hydrogens is 366 g/mol. The van der Waals surface area contributed by atoms with Gasteiger partial charge in [0.05, 0.1) is 19.9 Å². The third kappa shape index (κ3) is 4.66. The first-order chi connectivity index (χ1) is 14.0. The SMILES string of the molecule is CCN(C(=O)c1ccnc(Nc2ccc(OC)cc2OC)c1)c1cccc(C)c1. The molecule has 0 aliphatic carbocycles. The fourth-order valence-corrected chi connectivity index (χ4v) is 3.07. The number of carbonyl (C=O) groups is 1. The van der Waals surface area contributed by atoms with Crippen LogP contribution in [0.5, 0.6) is 11.5 Å². The molecule has 0 saturated heterocycles. The number of aromatic nitrogens is 1. The first kappa shape index (κ1) is 20.2. The maximum absolute atomic E-state index is 13.1. The molecule has 3 aromatic rings. The van der Waals surface area contributed by atoms with Gasteiger partial charge in [-0.3, -0.25) is 4.79 Å². The van der Waals surface area contributed by atoms with Gasteiger partial charge >= 0.3 is 0 Å². The Balaban J connectivity index is 1.86. The lowest BCUT2D eigenvalue weighted by Crippen LogP contribution is -2.30. The van der Waals surface area contributed by atoms with Gasteiger partial charge in [-0.25, -0.2) is 4.98 Å². The van der Waals surface area contributed by atoms with Crippen molar-refractivity contribution < 1.29 is 14.3 Å². The Labute approximate surface area is 171 Å². The number of nitrogens with one attached hydrogen (secondary N) is 1. The van der Waals surface area contributed by atoms with Crippen LogP contribution in [0.25, 0.3) is 0 Å². The molecule has 0 aliphatic rings. The summed E-state index contributed by atoms with van der Waals surface area (Å²) in [5.74, 6) is 1.80. The smallest absolute Gasteiger partial charge is 0.258 e. The number of nitrogens with zero attached hydrogens (tertiary/aromatic N) is 2. The minimum Gasteiger partial charge on any atom is -0.497 e. The third-order valence-electron chi connectivity index (χ3n) is 4.55. The minimum atomic E-state index is -0.0785. The molecule has 0 aliphatic heterocycles. The van der Waals surface area contributed by atoms with E-state index in [1.54, 1.807) is 43.5 Å². The van der Waals surface area contributed by atoms with Crippen LogP contribution in [0.1, 0.15) is 22.8 Å². The second-order valence-corrected chi connectivity index (χ2v) is 6.51. The highest BCUT2D eigenvalue weighted by Crippen LogP contribution is 2.31. The lowest BCUT2D eigenvalue weighted by atomic mass is 10.1. The molecule has 6 heteroatoms. The Kier molecular flexibility index (Phi) is 6.34. The minimum absolute atomic E-state index is 0.0785. The number of anilines is 3. The van der Waals surface area contributed by atoms with Gasteiger partial charge in [-0.2, -0.15) is 0 Å². The average molecular weight is 391 g/mol. The van der Waals surface area contributed by atoms with Gasteiger partial charge in [0.15, 0.2) is 0 Å². The molecule has 29 heavy (non-hydrogen) atoms. The van der Waals surface area contributed by atoms with E-state index in [0.29, 0.717) is 29.4 Å². The van der Waals surface area contributed by atoms with Crippen LogP contribution < -0.4 is 19.7 Å². The van der Waals surface area contributed by atoms with Crippen molar-refractivity contribution >= 4 is 23.1 Å². The molecule has 0 fully saturated rings. The molecule has 0 spiro atoms. The van der Waals surface area contributed by atoms with Gasteiger partial charge < -0.3 is 19.7 Å². The van der Waals surface area contributed by atoms with Gasteiger partial charge in [0.25, 0.3) is 5.91 Å². The van der Waals surface area contributed by atoms with E-state index in [0.717, 1.165) is 16.9 Å². The van der Waals surface area contributed by atoms with E-state index in [2.05, 4.69) is 10.3 Å². The Morgan fingerprint density at radius 3 is 2.59 bits per heavy atom. The van der Waals surface area contributed by atoms with Crippen molar-refractivity contribution in [3.63, 3.8) is 0 Å². The summed E-state index contributed by atoms with van der Waals surface area (Å²) in [6.07, 6.45) is 1.62. The van der Waals surface area contributed by atoms with Gasteiger partial charge in [0.2, 0.25) is 0 Å². The quantitative estimate of drug-likeness (QED) is 0.626. The average Bonchev–Trinajstić information content (AvgIpc) is 2.74. The number of methoxy groups -OCH3 is 2. The van der Waals surface area contributed by atoms with Gasteiger partial charge in [0.1, 0.15) is 17.3 Å². The molecule has 0 bridgehead atoms. The van der Waals surface area contributed by atoms with Crippen LogP contribution in [-0.2, 0) is 0 Å². The second-order valence-electron chi connectivity index (χ2n) is 6.51. The van der Waals surface area contributed by atoms with Crippen LogP contribution in [0, 0.1) is 6.92 Å². The van der Waals surface area contributed by atoms with Crippen LogP contribution in [0.2, 0.25) is 0 Å². The molecule has 0 saturated carbocycles. The highest BCUT2D eigenvalue weighted by Gasteiger charge is 2.17. The summed E-state index contributed by atoms with van der Waals surface area (Å²) in [5, 5.41) is 3.21. The topological polar surface area (TPSA) is 63.7 Å². The highest BCUT2D eigenvalue weighted by atomic mass is 16.5. The Bertz CT molecular complexity index is 1000. The van der Waals surface area contributed by atoms with E-state index < -0.39 is 0 Å². The van der Waals surface area contributed by atoms with E-state index >= 15 is 0 Å². The summed E-state index contributed by atoms with van der Waals surface area (Å²) < 4.78 is 10.6. The van der Waals surface area contributed by atoms with E-state index in [9.17, 15) is 4.79 Å². The fraction of sp³-hybridized carbons (Fsp3) is 0.217. The van der Waals surface area contributed by atoms with E-state index in [4.69, 9.17) is 9.47 Å². The van der Waals surface area contributed by atoms with Crippen LogP contribution >= 0.6 is 0 Å². The Morgan fingerprint density at radius 2 is 1.90 bits per heavy atom. The summed E-state index contributed by atoms with van der Waals surface area (Å²) in [6, 6.07) is 16.8. The van der Waals surface area contributed by atoms with Crippen LogP contribution in [0.15, 0.2) is 60.8 Å². The highest BCUT2D eigenvalue weighted by molar-refractivity contribution is 6.06. The van der Waals surface area contributed by atoms with Crippen molar-refractivity contribution in [3.8, 4) is 11.5 Å². The maximum atomic E-state index is 13.1. The van der Waals surface area contributed by atoms with Crippen molar-refractivity contribution in [1.82, 2.24) is 4.98 Å². The summed E-state index contributed by atoms with van der Waals surface area (Å²) in [4.78, 5) is 19.2. The zero-order chi connectivity index (χ0) is 20.8. The Morgan fingerprint density at radius 1 is 1.07 bits per heavy atom.